The fourth-order valence-electron chi connectivity index (χ4n) is 1.52. The van der Waals surface area contributed by atoms with E-state index in [-0.39, 0.29) is 11.9 Å². The maximum atomic E-state index is 13.3. The zero-order chi connectivity index (χ0) is 12.0. The number of rotatable bonds is 6. The first-order valence-electron chi connectivity index (χ1n) is 5.36. The molecular weight excluding hydrogens is 225 g/mol. The van der Waals surface area contributed by atoms with Crippen LogP contribution < -0.4 is 5.32 Å². The first-order chi connectivity index (χ1) is 7.59. The Morgan fingerprint density at radius 3 is 2.75 bits per heavy atom. The molecule has 1 aromatic rings. The largest absolute Gasteiger partial charge is 0.313 e. The molecule has 0 aliphatic heterocycles. The van der Waals surface area contributed by atoms with E-state index in [4.69, 9.17) is 0 Å². The van der Waals surface area contributed by atoms with Gasteiger partial charge in [-0.1, -0.05) is 18.2 Å². The highest BCUT2D eigenvalue weighted by atomic mass is 32.2. The third kappa shape index (κ3) is 4.86. The second kappa shape index (κ2) is 6.76. The Balaban J connectivity index is 2.37. The average Bonchev–Trinajstić information content (AvgIpc) is 2.21. The van der Waals surface area contributed by atoms with Crippen molar-refractivity contribution in [2.75, 3.05) is 18.6 Å². The Hall–Kier alpha value is -0.740. The molecule has 2 nitrogen and oxygen atoms in total. The van der Waals surface area contributed by atoms with E-state index in [0.29, 0.717) is 18.7 Å². The molecular formula is C12H18FNOS. The summed E-state index contributed by atoms with van der Waals surface area (Å²) in [5.41, 5.74) is 0.722. The van der Waals surface area contributed by atoms with Crippen molar-refractivity contribution in [2.24, 2.45) is 0 Å². The van der Waals surface area contributed by atoms with Gasteiger partial charge in [-0.05, 0) is 25.0 Å². The average molecular weight is 243 g/mol. The van der Waals surface area contributed by atoms with Crippen molar-refractivity contribution in [1.29, 1.82) is 0 Å². The van der Waals surface area contributed by atoms with E-state index in [1.54, 1.807) is 18.4 Å². The van der Waals surface area contributed by atoms with Crippen molar-refractivity contribution in [3.63, 3.8) is 0 Å². The van der Waals surface area contributed by atoms with Crippen molar-refractivity contribution in [3.05, 3.63) is 35.6 Å². The Bertz CT molecular complexity index is 357. The van der Waals surface area contributed by atoms with Crippen molar-refractivity contribution in [3.8, 4) is 0 Å². The fraction of sp³-hybridized carbons (Fsp3) is 0.500. The second-order valence-corrected chi connectivity index (χ2v) is 5.48. The van der Waals surface area contributed by atoms with E-state index in [1.165, 1.54) is 6.07 Å². The minimum absolute atomic E-state index is 0.157. The first-order valence-corrected chi connectivity index (χ1v) is 7.09. The molecule has 0 spiro atoms. The van der Waals surface area contributed by atoms with Gasteiger partial charge in [0.15, 0.2) is 0 Å². The SMILES string of the molecule is CC(Cc1ccccc1F)NCCS(C)=O. The smallest absolute Gasteiger partial charge is 0.126 e. The molecule has 0 heterocycles. The van der Waals surface area contributed by atoms with Crippen LogP contribution in [0.4, 0.5) is 4.39 Å². The molecule has 90 valence electrons. The van der Waals surface area contributed by atoms with Crippen LogP contribution in [0.5, 0.6) is 0 Å². The zero-order valence-electron chi connectivity index (χ0n) is 9.70. The molecule has 0 saturated carbocycles. The summed E-state index contributed by atoms with van der Waals surface area (Å²) in [5.74, 6) is 0.483. The standard InChI is InChI=1S/C12H18FNOS/c1-10(14-7-8-16(2)15)9-11-5-3-4-6-12(11)13/h3-6,10,14H,7-9H2,1-2H3. The van der Waals surface area contributed by atoms with Crippen LogP contribution in [0, 0.1) is 5.82 Å². The summed E-state index contributed by atoms with van der Waals surface area (Å²) < 4.78 is 24.2. The first kappa shape index (κ1) is 13.3. The maximum Gasteiger partial charge on any atom is 0.126 e. The van der Waals surface area contributed by atoms with Crippen LogP contribution in [0.15, 0.2) is 24.3 Å². The highest BCUT2D eigenvalue weighted by molar-refractivity contribution is 7.84. The lowest BCUT2D eigenvalue weighted by molar-refractivity contribution is 0.540. The van der Waals surface area contributed by atoms with Gasteiger partial charge in [0, 0.05) is 35.4 Å². The predicted molar refractivity (Wildman–Crippen MR) is 66.5 cm³/mol. The molecule has 16 heavy (non-hydrogen) atoms. The topological polar surface area (TPSA) is 29.1 Å². The summed E-state index contributed by atoms with van der Waals surface area (Å²) in [7, 11) is -0.769. The Morgan fingerprint density at radius 1 is 1.44 bits per heavy atom. The lowest BCUT2D eigenvalue weighted by atomic mass is 10.1. The highest BCUT2D eigenvalue weighted by Gasteiger charge is 2.06. The molecule has 0 saturated heterocycles. The molecule has 0 aliphatic rings. The van der Waals surface area contributed by atoms with Crippen LogP contribution in [0.2, 0.25) is 0 Å². The van der Waals surface area contributed by atoms with E-state index in [0.717, 1.165) is 5.56 Å². The summed E-state index contributed by atoms with van der Waals surface area (Å²) in [6, 6.07) is 7.00. The molecule has 0 aromatic heterocycles. The van der Waals surface area contributed by atoms with Crippen LogP contribution >= 0.6 is 0 Å². The molecule has 4 heteroatoms. The lowest BCUT2D eigenvalue weighted by Gasteiger charge is -2.13. The minimum Gasteiger partial charge on any atom is -0.313 e. The fourth-order valence-corrected chi connectivity index (χ4v) is 1.92. The summed E-state index contributed by atoms with van der Waals surface area (Å²) >= 11 is 0. The van der Waals surface area contributed by atoms with Crippen LogP contribution in [0.3, 0.4) is 0 Å². The van der Waals surface area contributed by atoms with Crippen molar-refractivity contribution in [2.45, 2.75) is 19.4 Å². The van der Waals surface area contributed by atoms with Crippen LogP contribution in [-0.4, -0.2) is 28.8 Å². The number of nitrogens with one attached hydrogen (secondary N) is 1. The molecule has 1 aromatic carbocycles. The van der Waals surface area contributed by atoms with Gasteiger partial charge in [-0.15, -0.1) is 0 Å². The van der Waals surface area contributed by atoms with Crippen LogP contribution in [-0.2, 0) is 17.2 Å². The van der Waals surface area contributed by atoms with Gasteiger partial charge in [0.2, 0.25) is 0 Å². The van der Waals surface area contributed by atoms with E-state index in [2.05, 4.69) is 5.32 Å². The van der Waals surface area contributed by atoms with Gasteiger partial charge in [0.05, 0.1) is 0 Å². The van der Waals surface area contributed by atoms with E-state index < -0.39 is 10.8 Å². The maximum absolute atomic E-state index is 13.3. The van der Waals surface area contributed by atoms with Crippen molar-refractivity contribution in [1.82, 2.24) is 5.32 Å². The highest BCUT2D eigenvalue weighted by Crippen LogP contribution is 2.08. The van der Waals surface area contributed by atoms with Gasteiger partial charge < -0.3 is 5.32 Å². The van der Waals surface area contributed by atoms with Gasteiger partial charge in [0.25, 0.3) is 0 Å². The Kier molecular flexibility index (Phi) is 5.63. The summed E-state index contributed by atoms with van der Waals surface area (Å²) in [6.45, 7) is 2.71. The van der Waals surface area contributed by atoms with Gasteiger partial charge in [-0.3, -0.25) is 4.21 Å². The number of benzene rings is 1. The van der Waals surface area contributed by atoms with Crippen LogP contribution in [0.25, 0.3) is 0 Å². The molecule has 0 bridgehead atoms. The van der Waals surface area contributed by atoms with Gasteiger partial charge >= 0.3 is 0 Å². The van der Waals surface area contributed by atoms with Gasteiger partial charge in [-0.2, -0.15) is 0 Å². The van der Waals surface area contributed by atoms with Crippen molar-refractivity contribution < 1.29 is 8.60 Å². The van der Waals surface area contributed by atoms with E-state index >= 15 is 0 Å². The van der Waals surface area contributed by atoms with Gasteiger partial charge in [0.1, 0.15) is 5.82 Å². The normalized spacial score (nSPS) is 14.7. The Morgan fingerprint density at radius 2 is 2.12 bits per heavy atom. The number of halogens is 1. The molecule has 1 rings (SSSR count). The Labute approximate surface area is 98.7 Å². The molecule has 2 atom stereocenters. The third-order valence-electron chi connectivity index (χ3n) is 2.37. The number of hydrogen-bond acceptors (Lipinski definition) is 2. The lowest BCUT2D eigenvalue weighted by Crippen LogP contribution is -2.31. The predicted octanol–water partition coefficient (Wildman–Crippen LogP) is 1.72. The number of hydrogen-bond donors (Lipinski definition) is 1. The zero-order valence-corrected chi connectivity index (χ0v) is 10.5. The van der Waals surface area contributed by atoms with Crippen molar-refractivity contribution >= 4 is 10.8 Å². The van der Waals surface area contributed by atoms with E-state index in [9.17, 15) is 8.60 Å². The quantitative estimate of drug-likeness (QED) is 0.824. The third-order valence-corrected chi connectivity index (χ3v) is 3.15. The van der Waals surface area contributed by atoms with Crippen LogP contribution in [0.1, 0.15) is 12.5 Å². The van der Waals surface area contributed by atoms with Gasteiger partial charge in [-0.25, -0.2) is 4.39 Å². The summed E-state index contributed by atoms with van der Waals surface area (Å²) in [4.78, 5) is 0. The molecule has 1 N–H and O–H groups in total. The monoisotopic (exact) mass is 243 g/mol. The molecule has 0 aliphatic carbocycles. The molecule has 0 amide bonds. The summed E-state index contributed by atoms with van der Waals surface area (Å²) in [5, 5.41) is 3.23. The second-order valence-electron chi connectivity index (χ2n) is 3.93. The molecule has 0 fully saturated rings. The minimum atomic E-state index is -0.769. The van der Waals surface area contributed by atoms with E-state index in [1.807, 2.05) is 13.0 Å². The molecule has 0 radical (unpaired) electrons. The molecule has 2 unspecified atom stereocenters. The summed E-state index contributed by atoms with van der Waals surface area (Å²) in [6.07, 6.45) is 2.34.